The fourth-order valence-corrected chi connectivity index (χ4v) is 7.75. The predicted molar refractivity (Wildman–Crippen MR) is 52.0 cm³/mol. The number of alkyl halides is 3. The van der Waals surface area contributed by atoms with E-state index in [2.05, 4.69) is 0 Å². The van der Waals surface area contributed by atoms with Gasteiger partial charge in [0.15, 0.2) is 0 Å². The van der Waals surface area contributed by atoms with Gasteiger partial charge < -0.3 is 0 Å². The van der Waals surface area contributed by atoms with Crippen molar-refractivity contribution in [2.75, 3.05) is 8.86 Å². The molecule has 1 aliphatic heterocycles. The third kappa shape index (κ3) is 1.64. The first kappa shape index (κ1) is 7.35. The summed E-state index contributed by atoms with van der Waals surface area (Å²) < 4.78 is 4.41. The molecule has 1 saturated heterocycles. The Bertz CT molecular complexity index is 114. The van der Waals surface area contributed by atoms with Crippen LogP contribution < -0.4 is 0 Å². The molecule has 0 amide bonds. The summed E-state index contributed by atoms with van der Waals surface area (Å²) in [6.45, 7) is 0. The molecular weight excluding hydrogens is 239 g/mol. The topological polar surface area (TPSA) is 20.2 Å². The molecule has 10 heavy (non-hydrogen) atoms. The first-order chi connectivity index (χ1) is 4.86. The molecule has 1 heterocycles. The maximum atomic E-state index is 9.25. The van der Waals surface area contributed by atoms with Crippen LogP contribution in [0.3, 0.4) is 0 Å². The molecule has 2 rings (SSSR count). The van der Waals surface area contributed by atoms with Crippen molar-refractivity contribution in [1.82, 2.24) is 0 Å². The molecule has 1 saturated carbocycles. The van der Waals surface area contributed by atoms with Crippen LogP contribution in [0, 0.1) is 0 Å². The molecular formula is C8H15IO. The molecule has 2 heteroatoms. The van der Waals surface area contributed by atoms with Crippen LogP contribution >= 0.6 is 19.8 Å². The fraction of sp³-hybridized carbons (Fsp3) is 1.00. The molecule has 0 unspecified atom stereocenters. The third-order valence-corrected chi connectivity index (χ3v) is 8.53. The van der Waals surface area contributed by atoms with Gasteiger partial charge in [-0.2, -0.15) is 0 Å². The molecule has 0 atom stereocenters. The second-order valence-corrected chi connectivity index (χ2v) is 10.0. The summed E-state index contributed by atoms with van der Waals surface area (Å²) in [5.74, 6) is 0. The molecule has 1 aliphatic carbocycles. The van der Waals surface area contributed by atoms with E-state index >= 15 is 0 Å². The normalized spacial score (nSPS) is 43.5. The zero-order valence-corrected chi connectivity index (χ0v) is 8.38. The third-order valence-electron chi connectivity index (χ3n) is 2.47. The monoisotopic (exact) mass is 254 g/mol. The van der Waals surface area contributed by atoms with Crippen molar-refractivity contribution in [3.8, 4) is 0 Å². The first-order valence-corrected chi connectivity index (χ1v) is 8.44. The van der Waals surface area contributed by atoms with Crippen molar-refractivity contribution in [2.24, 2.45) is 0 Å². The fourth-order valence-electron chi connectivity index (χ4n) is 1.69. The van der Waals surface area contributed by atoms with Crippen molar-refractivity contribution in [3.05, 3.63) is 0 Å². The molecule has 0 aromatic carbocycles. The van der Waals surface area contributed by atoms with Gasteiger partial charge in [0.05, 0.1) is 0 Å². The number of hydrogen-bond acceptors (Lipinski definition) is 1. The van der Waals surface area contributed by atoms with Crippen LogP contribution in [-0.4, -0.2) is 24.0 Å². The molecule has 0 radical (unpaired) electrons. The van der Waals surface area contributed by atoms with Crippen LogP contribution in [0.25, 0.3) is 0 Å². The summed E-state index contributed by atoms with van der Waals surface area (Å²) in [4.78, 5) is 0. The summed E-state index contributed by atoms with van der Waals surface area (Å²) in [6, 6.07) is 0. The Balaban J connectivity index is 1.79. The summed E-state index contributed by atoms with van der Waals surface area (Å²) in [6.07, 6.45) is 5.02. The van der Waals surface area contributed by atoms with E-state index in [9.17, 15) is 5.11 Å². The Hall–Kier alpha value is 0.690. The molecule has 0 aromatic rings. The summed E-state index contributed by atoms with van der Waals surface area (Å²) in [5.41, 5.74) is 0. The van der Waals surface area contributed by atoms with Gasteiger partial charge in [0, 0.05) is 0 Å². The molecule has 0 aromatic heterocycles. The van der Waals surface area contributed by atoms with E-state index in [1.54, 1.807) is 8.86 Å². The van der Waals surface area contributed by atoms with Crippen LogP contribution in [0.1, 0.15) is 25.7 Å². The summed E-state index contributed by atoms with van der Waals surface area (Å²) in [5, 5.41) is 9.25. The SMILES string of the molecule is OC1CCC(I2CC2)CC1. The zero-order chi connectivity index (χ0) is 6.97. The minimum absolute atomic E-state index is 0.0621. The number of rotatable bonds is 1. The molecule has 0 bridgehead atoms. The van der Waals surface area contributed by atoms with Crippen LogP contribution in [0.4, 0.5) is 0 Å². The molecule has 2 fully saturated rings. The van der Waals surface area contributed by atoms with E-state index in [0.29, 0.717) is 0 Å². The summed E-state index contributed by atoms with van der Waals surface area (Å²) >= 11 is -0.294. The summed E-state index contributed by atoms with van der Waals surface area (Å²) in [7, 11) is 0. The first-order valence-electron chi connectivity index (χ1n) is 4.14. The van der Waals surface area contributed by atoms with E-state index < -0.39 is 0 Å². The van der Waals surface area contributed by atoms with Gasteiger partial charge in [-0.3, -0.25) is 0 Å². The number of hydrogen-bond donors (Lipinski definition) is 1. The Labute approximate surface area is 69.6 Å². The van der Waals surface area contributed by atoms with E-state index in [0.717, 1.165) is 16.8 Å². The van der Waals surface area contributed by atoms with Crippen molar-refractivity contribution >= 4 is 19.8 Å². The van der Waals surface area contributed by atoms with E-state index in [-0.39, 0.29) is 25.9 Å². The van der Waals surface area contributed by atoms with Gasteiger partial charge in [0.2, 0.25) is 0 Å². The molecule has 60 valence electrons. The Morgan fingerprint density at radius 2 is 1.60 bits per heavy atom. The quantitative estimate of drug-likeness (QED) is 0.559. The minimum atomic E-state index is -0.294. The van der Waals surface area contributed by atoms with Crippen molar-refractivity contribution in [2.45, 2.75) is 35.7 Å². The second-order valence-electron chi connectivity index (χ2n) is 3.28. The molecule has 2 aliphatic rings. The Morgan fingerprint density at radius 3 is 2.10 bits per heavy atom. The number of aliphatic hydroxyl groups is 1. The van der Waals surface area contributed by atoms with Gasteiger partial charge in [0.25, 0.3) is 0 Å². The van der Waals surface area contributed by atoms with E-state index in [4.69, 9.17) is 0 Å². The van der Waals surface area contributed by atoms with Gasteiger partial charge in [-0.25, -0.2) is 0 Å². The maximum absolute atomic E-state index is 9.25. The number of aliphatic hydroxyl groups excluding tert-OH is 1. The van der Waals surface area contributed by atoms with Crippen molar-refractivity contribution in [3.63, 3.8) is 0 Å². The Kier molecular flexibility index (Phi) is 2.18. The van der Waals surface area contributed by atoms with Gasteiger partial charge in [0.1, 0.15) is 0 Å². The standard InChI is InChI=1S/C8H15IO/c10-8-3-1-7(2-4-8)9-5-6-9/h7-8,10H,1-6H2. The molecule has 1 N–H and O–H groups in total. The predicted octanol–water partition coefficient (Wildman–Crippen LogP) is 1.81. The van der Waals surface area contributed by atoms with E-state index in [1.807, 2.05) is 0 Å². The van der Waals surface area contributed by atoms with Crippen LogP contribution in [0.15, 0.2) is 0 Å². The second kappa shape index (κ2) is 2.97. The average molecular weight is 254 g/mol. The van der Waals surface area contributed by atoms with Gasteiger partial charge >= 0.3 is 69.5 Å². The Morgan fingerprint density at radius 1 is 1.00 bits per heavy atom. The van der Waals surface area contributed by atoms with Crippen LogP contribution in [0.5, 0.6) is 0 Å². The van der Waals surface area contributed by atoms with Gasteiger partial charge in [-0.1, -0.05) is 0 Å². The van der Waals surface area contributed by atoms with Crippen LogP contribution in [0.2, 0.25) is 0 Å². The molecule has 1 nitrogen and oxygen atoms in total. The van der Waals surface area contributed by atoms with E-state index in [1.165, 1.54) is 12.8 Å². The molecule has 0 spiro atoms. The van der Waals surface area contributed by atoms with Gasteiger partial charge in [-0.15, -0.1) is 0 Å². The zero-order valence-electron chi connectivity index (χ0n) is 6.22. The van der Waals surface area contributed by atoms with Gasteiger partial charge in [-0.05, 0) is 0 Å². The average Bonchev–Trinajstić information content (AvgIpc) is 2.71. The van der Waals surface area contributed by atoms with Crippen molar-refractivity contribution < 1.29 is 5.11 Å². The van der Waals surface area contributed by atoms with Crippen LogP contribution in [-0.2, 0) is 0 Å². The van der Waals surface area contributed by atoms with Crippen molar-refractivity contribution in [1.29, 1.82) is 0 Å². The number of halogens is 1.